The number of esters is 1. The normalized spacial score (nSPS) is 9.69. The molecule has 13 heavy (non-hydrogen) atoms. The van der Waals surface area contributed by atoms with Gasteiger partial charge >= 0.3 is 5.97 Å². The summed E-state index contributed by atoms with van der Waals surface area (Å²) in [6.45, 7) is 0.154. The van der Waals surface area contributed by atoms with Crippen molar-refractivity contribution in [2.75, 3.05) is 6.54 Å². The van der Waals surface area contributed by atoms with E-state index in [1.807, 2.05) is 0 Å². The highest BCUT2D eigenvalue weighted by Crippen LogP contribution is 2.09. The maximum absolute atomic E-state index is 10.7. The summed E-state index contributed by atoms with van der Waals surface area (Å²) < 4.78 is 4.81. The molecule has 0 unspecified atom stereocenters. The predicted molar refractivity (Wildman–Crippen MR) is 50.3 cm³/mol. The molecule has 0 heterocycles. The lowest BCUT2D eigenvalue weighted by molar-refractivity contribution is -0.143. The van der Waals surface area contributed by atoms with Gasteiger partial charge < -0.3 is 10.5 Å². The fraction of sp³-hybridized carbons (Fsp3) is 0.222. The molecule has 0 saturated heterocycles. The maximum atomic E-state index is 10.7. The van der Waals surface area contributed by atoms with Gasteiger partial charge in [0.15, 0.2) is 0 Å². The van der Waals surface area contributed by atoms with Crippen LogP contribution in [0.1, 0.15) is 5.56 Å². The van der Waals surface area contributed by atoms with Crippen LogP contribution in [0.4, 0.5) is 0 Å². The molecular weight excluding hydrogens is 190 g/mol. The van der Waals surface area contributed by atoms with Gasteiger partial charge in [-0.3, -0.25) is 4.79 Å². The molecule has 0 spiro atoms. The highest BCUT2D eigenvalue weighted by molar-refractivity contribution is 6.30. The number of hydrogen-bond donors (Lipinski definition) is 1. The van der Waals surface area contributed by atoms with Gasteiger partial charge in [-0.2, -0.15) is 0 Å². The molecule has 70 valence electrons. The predicted octanol–water partition coefficient (Wildman–Crippen LogP) is 1.34. The summed E-state index contributed by atoms with van der Waals surface area (Å²) in [7, 11) is 0. The third-order valence-electron chi connectivity index (χ3n) is 1.48. The minimum Gasteiger partial charge on any atom is -0.460 e. The van der Waals surface area contributed by atoms with Crippen molar-refractivity contribution in [3.63, 3.8) is 0 Å². The molecule has 3 nitrogen and oxygen atoms in total. The average Bonchev–Trinajstić information content (AvgIpc) is 2.16. The topological polar surface area (TPSA) is 52.3 Å². The number of carbonyl (C=O) groups excluding carboxylic acids is 1. The zero-order chi connectivity index (χ0) is 9.68. The second-order valence-electron chi connectivity index (χ2n) is 2.49. The fourth-order valence-corrected chi connectivity index (χ4v) is 0.929. The van der Waals surface area contributed by atoms with Crippen molar-refractivity contribution in [1.82, 2.24) is 0 Å². The quantitative estimate of drug-likeness (QED) is 0.748. The fourth-order valence-electron chi connectivity index (χ4n) is 0.803. The minimum absolute atomic E-state index is 0.0897. The largest absolute Gasteiger partial charge is 0.460 e. The summed E-state index contributed by atoms with van der Waals surface area (Å²) in [6.07, 6.45) is 0. The Morgan fingerprint density at radius 2 is 2.00 bits per heavy atom. The van der Waals surface area contributed by atoms with Gasteiger partial charge in [0.1, 0.15) is 6.61 Å². The van der Waals surface area contributed by atoms with Crippen LogP contribution in [0.15, 0.2) is 24.3 Å². The minimum atomic E-state index is -0.407. The van der Waals surface area contributed by atoms with Crippen molar-refractivity contribution in [3.05, 3.63) is 34.9 Å². The van der Waals surface area contributed by atoms with Crippen LogP contribution in [0.3, 0.4) is 0 Å². The number of halogens is 1. The molecule has 0 fully saturated rings. The van der Waals surface area contributed by atoms with E-state index >= 15 is 0 Å². The number of benzene rings is 1. The Balaban J connectivity index is 2.46. The van der Waals surface area contributed by atoms with Crippen LogP contribution in [-0.4, -0.2) is 12.5 Å². The standard InChI is InChI=1S/C9H10ClNO2/c10-8-3-1-7(2-4-8)6-13-9(12)5-11/h1-4H,5-6,11H2. The number of ether oxygens (including phenoxy) is 1. The van der Waals surface area contributed by atoms with Gasteiger partial charge in [-0.25, -0.2) is 0 Å². The maximum Gasteiger partial charge on any atom is 0.320 e. The van der Waals surface area contributed by atoms with Crippen molar-refractivity contribution >= 4 is 17.6 Å². The molecule has 0 atom stereocenters. The lowest BCUT2D eigenvalue weighted by atomic mass is 10.2. The van der Waals surface area contributed by atoms with E-state index in [-0.39, 0.29) is 13.2 Å². The Bertz CT molecular complexity index is 284. The highest BCUT2D eigenvalue weighted by Gasteiger charge is 1.99. The summed E-state index contributed by atoms with van der Waals surface area (Å²) in [4.78, 5) is 10.7. The Morgan fingerprint density at radius 3 is 2.54 bits per heavy atom. The van der Waals surface area contributed by atoms with Crippen LogP contribution in [0.5, 0.6) is 0 Å². The Morgan fingerprint density at radius 1 is 1.38 bits per heavy atom. The van der Waals surface area contributed by atoms with Crippen molar-refractivity contribution in [1.29, 1.82) is 0 Å². The highest BCUT2D eigenvalue weighted by atomic mass is 35.5. The van der Waals surface area contributed by atoms with E-state index < -0.39 is 5.97 Å². The van der Waals surface area contributed by atoms with Crippen LogP contribution in [0.25, 0.3) is 0 Å². The molecule has 1 aromatic rings. The van der Waals surface area contributed by atoms with Crippen LogP contribution in [0.2, 0.25) is 5.02 Å². The molecule has 0 amide bonds. The van der Waals surface area contributed by atoms with E-state index in [4.69, 9.17) is 22.1 Å². The first-order valence-electron chi connectivity index (χ1n) is 3.82. The molecular formula is C9H10ClNO2. The molecule has 0 aliphatic rings. The van der Waals surface area contributed by atoms with Gasteiger partial charge in [0.05, 0.1) is 6.54 Å². The number of carbonyl (C=O) groups is 1. The van der Waals surface area contributed by atoms with Gasteiger partial charge in [-0.05, 0) is 17.7 Å². The van der Waals surface area contributed by atoms with Crippen molar-refractivity contribution < 1.29 is 9.53 Å². The number of hydrogen-bond acceptors (Lipinski definition) is 3. The van der Waals surface area contributed by atoms with Crippen LogP contribution in [-0.2, 0) is 16.1 Å². The summed E-state index contributed by atoms with van der Waals surface area (Å²) in [6, 6.07) is 7.08. The van der Waals surface area contributed by atoms with E-state index in [1.165, 1.54) is 0 Å². The first-order chi connectivity index (χ1) is 6.22. The van der Waals surface area contributed by atoms with Crippen molar-refractivity contribution in [2.24, 2.45) is 5.73 Å². The van der Waals surface area contributed by atoms with Crippen LogP contribution >= 0.6 is 11.6 Å². The van der Waals surface area contributed by atoms with Crippen LogP contribution in [0, 0.1) is 0 Å². The van der Waals surface area contributed by atoms with Crippen molar-refractivity contribution in [2.45, 2.75) is 6.61 Å². The summed E-state index contributed by atoms with van der Waals surface area (Å²) in [5.74, 6) is -0.407. The molecule has 4 heteroatoms. The van der Waals surface area contributed by atoms with Gasteiger partial charge in [0.25, 0.3) is 0 Å². The third kappa shape index (κ3) is 3.44. The Labute approximate surface area is 81.4 Å². The molecule has 0 bridgehead atoms. The molecule has 0 saturated carbocycles. The zero-order valence-electron chi connectivity index (χ0n) is 7.00. The van der Waals surface area contributed by atoms with E-state index in [0.29, 0.717) is 5.02 Å². The van der Waals surface area contributed by atoms with Gasteiger partial charge in [-0.15, -0.1) is 0 Å². The lowest BCUT2D eigenvalue weighted by Gasteiger charge is -2.02. The average molecular weight is 200 g/mol. The van der Waals surface area contributed by atoms with E-state index in [1.54, 1.807) is 24.3 Å². The number of rotatable bonds is 3. The summed E-state index contributed by atoms with van der Waals surface area (Å²) in [5.41, 5.74) is 5.96. The lowest BCUT2D eigenvalue weighted by Crippen LogP contribution is -2.16. The third-order valence-corrected chi connectivity index (χ3v) is 1.73. The molecule has 2 N–H and O–H groups in total. The number of nitrogens with two attached hydrogens (primary N) is 1. The molecule has 1 rings (SSSR count). The van der Waals surface area contributed by atoms with Gasteiger partial charge in [0.2, 0.25) is 0 Å². The van der Waals surface area contributed by atoms with Crippen molar-refractivity contribution in [3.8, 4) is 0 Å². The molecule has 1 aromatic carbocycles. The second-order valence-corrected chi connectivity index (χ2v) is 2.93. The first-order valence-corrected chi connectivity index (χ1v) is 4.20. The Kier molecular flexibility index (Phi) is 3.73. The zero-order valence-corrected chi connectivity index (χ0v) is 7.75. The summed E-state index contributed by atoms with van der Waals surface area (Å²) in [5, 5.41) is 0.661. The monoisotopic (exact) mass is 199 g/mol. The smallest absolute Gasteiger partial charge is 0.320 e. The molecule has 0 aliphatic heterocycles. The summed E-state index contributed by atoms with van der Waals surface area (Å²) >= 11 is 5.67. The molecule has 0 aliphatic carbocycles. The van der Waals surface area contributed by atoms with E-state index in [0.717, 1.165) is 5.56 Å². The van der Waals surface area contributed by atoms with Crippen LogP contribution < -0.4 is 5.73 Å². The first kappa shape index (κ1) is 10.0. The molecule has 0 radical (unpaired) electrons. The SMILES string of the molecule is NCC(=O)OCc1ccc(Cl)cc1. The van der Waals surface area contributed by atoms with E-state index in [2.05, 4.69) is 0 Å². The van der Waals surface area contributed by atoms with E-state index in [9.17, 15) is 4.79 Å². The second kappa shape index (κ2) is 4.84. The van der Waals surface area contributed by atoms with Gasteiger partial charge in [0, 0.05) is 5.02 Å². The Hall–Kier alpha value is -1.06. The van der Waals surface area contributed by atoms with Gasteiger partial charge in [-0.1, -0.05) is 23.7 Å². The molecule has 0 aromatic heterocycles.